The van der Waals surface area contributed by atoms with Crippen molar-refractivity contribution in [2.45, 2.75) is 19.5 Å². The predicted octanol–water partition coefficient (Wildman–Crippen LogP) is 1.87. The summed E-state index contributed by atoms with van der Waals surface area (Å²) in [5.74, 6) is -0.909. The number of alkyl halides is 3. The molecule has 2 aromatic rings. The Morgan fingerprint density at radius 1 is 1.40 bits per heavy atom. The summed E-state index contributed by atoms with van der Waals surface area (Å²) in [6, 6.07) is 1.50. The quantitative estimate of drug-likeness (QED) is 0.901. The zero-order chi connectivity index (χ0) is 14.8. The van der Waals surface area contributed by atoms with E-state index in [0.717, 1.165) is 0 Å². The minimum Gasteiger partial charge on any atom is -0.345 e. The number of aromatic nitrogens is 4. The van der Waals surface area contributed by atoms with E-state index >= 15 is 0 Å². The van der Waals surface area contributed by atoms with Gasteiger partial charge in [0.15, 0.2) is 0 Å². The van der Waals surface area contributed by atoms with Crippen molar-refractivity contribution >= 4 is 11.6 Å². The molecule has 0 aliphatic carbocycles. The van der Waals surface area contributed by atoms with Gasteiger partial charge in [0, 0.05) is 5.69 Å². The molecular formula is C11H10F3N5O. The summed E-state index contributed by atoms with van der Waals surface area (Å²) in [4.78, 5) is 18.0. The van der Waals surface area contributed by atoms with E-state index in [1.54, 1.807) is 0 Å². The van der Waals surface area contributed by atoms with Crippen LogP contribution in [0.2, 0.25) is 0 Å². The van der Waals surface area contributed by atoms with Gasteiger partial charge in [-0.15, -0.1) is 0 Å². The Morgan fingerprint density at radius 2 is 2.15 bits per heavy atom. The van der Waals surface area contributed by atoms with Crippen molar-refractivity contribution in [1.82, 2.24) is 20.2 Å². The molecule has 6 nitrogen and oxygen atoms in total. The predicted molar refractivity (Wildman–Crippen MR) is 63.1 cm³/mol. The molecule has 0 fully saturated rings. The number of rotatable bonds is 3. The molecule has 0 spiro atoms. The Labute approximate surface area is 111 Å². The number of aromatic amines is 1. The second kappa shape index (κ2) is 5.27. The zero-order valence-corrected chi connectivity index (χ0v) is 10.3. The Balaban J connectivity index is 2.14. The Kier molecular flexibility index (Phi) is 3.68. The van der Waals surface area contributed by atoms with Crippen LogP contribution in [0.1, 0.15) is 22.0 Å². The van der Waals surface area contributed by atoms with Gasteiger partial charge >= 0.3 is 6.18 Å². The summed E-state index contributed by atoms with van der Waals surface area (Å²) >= 11 is 0. The van der Waals surface area contributed by atoms with Gasteiger partial charge in [0.05, 0.1) is 18.1 Å². The average molecular weight is 285 g/mol. The molecule has 106 valence electrons. The second-order valence-corrected chi connectivity index (χ2v) is 4.03. The Hall–Kier alpha value is -2.45. The van der Waals surface area contributed by atoms with Crippen LogP contribution in [-0.4, -0.2) is 32.2 Å². The highest BCUT2D eigenvalue weighted by Crippen LogP contribution is 2.20. The van der Waals surface area contributed by atoms with Crippen LogP contribution < -0.4 is 5.32 Å². The summed E-state index contributed by atoms with van der Waals surface area (Å²) in [5.41, 5.74) is 0.564. The zero-order valence-electron chi connectivity index (χ0n) is 10.3. The standard InChI is InChI=1S/C11H10F3N5O/c1-6-9(19-8(17-6)4-11(12,13)14)10(20)18-7-2-3-15-16-5-7/h2-3,5H,4H2,1H3,(H,17,19)(H,15,18,20). The van der Waals surface area contributed by atoms with Crippen molar-refractivity contribution < 1.29 is 18.0 Å². The van der Waals surface area contributed by atoms with Gasteiger partial charge in [-0.1, -0.05) is 0 Å². The molecule has 9 heteroatoms. The van der Waals surface area contributed by atoms with Crippen LogP contribution in [0.25, 0.3) is 0 Å². The van der Waals surface area contributed by atoms with Gasteiger partial charge < -0.3 is 10.3 Å². The molecule has 0 aliphatic rings. The lowest BCUT2D eigenvalue weighted by molar-refractivity contribution is -0.128. The maximum Gasteiger partial charge on any atom is 0.396 e. The van der Waals surface area contributed by atoms with Crippen LogP contribution in [0.4, 0.5) is 18.9 Å². The number of H-pyrrole nitrogens is 1. The minimum atomic E-state index is -4.38. The molecule has 2 heterocycles. The van der Waals surface area contributed by atoms with Crippen LogP contribution in [0.5, 0.6) is 0 Å². The number of aryl methyl sites for hydroxylation is 1. The van der Waals surface area contributed by atoms with Crippen LogP contribution in [0.15, 0.2) is 18.5 Å². The van der Waals surface area contributed by atoms with E-state index in [0.29, 0.717) is 5.69 Å². The van der Waals surface area contributed by atoms with E-state index in [9.17, 15) is 18.0 Å². The van der Waals surface area contributed by atoms with Gasteiger partial charge in [-0.3, -0.25) is 4.79 Å². The highest BCUT2D eigenvalue weighted by Gasteiger charge is 2.30. The molecule has 0 atom stereocenters. The average Bonchev–Trinajstić information content (AvgIpc) is 2.69. The second-order valence-electron chi connectivity index (χ2n) is 4.03. The SMILES string of the molecule is Cc1[nH]c(CC(F)(F)F)nc1C(=O)Nc1ccnnc1. The van der Waals surface area contributed by atoms with Gasteiger partial charge in [-0.25, -0.2) is 4.98 Å². The highest BCUT2D eigenvalue weighted by atomic mass is 19.4. The van der Waals surface area contributed by atoms with Crippen LogP contribution in [0.3, 0.4) is 0 Å². The van der Waals surface area contributed by atoms with E-state index in [4.69, 9.17) is 0 Å². The Morgan fingerprint density at radius 3 is 2.75 bits per heavy atom. The highest BCUT2D eigenvalue weighted by molar-refractivity contribution is 6.03. The Bertz CT molecular complexity index is 608. The number of halogens is 3. The smallest absolute Gasteiger partial charge is 0.345 e. The van der Waals surface area contributed by atoms with Crippen molar-refractivity contribution in [3.63, 3.8) is 0 Å². The summed E-state index contributed by atoms with van der Waals surface area (Å²) < 4.78 is 36.8. The first-order chi connectivity index (χ1) is 9.35. The lowest BCUT2D eigenvalue weighted by Gasteiger charge is -2.02. The van der Waals surface area contributed by atoms with E-state index < -0.39 is 18.5 Å². The molecule has 0 saturated carbocycles. The van der Waals surface area contributed by atoms with Crippen molar-refractivity contribution in [3.05, 3.63) is 35.7 Å². The van der Waals surface area contributed by atoms with E-state index in [-0.39, 0.29) is 17.2 Å². The molecule has 0 bridgehead atoms. The molecule has 0 aromatic carbocycles. The molecule has 2 N–H and O–H groups in total. The number of carbonyl (C=O) groups excluding carboxylic acids is 1. The molecule has 20 heavy (non-hydrogen) atoms. The third-order valence-electron chi connectivity index (χ3n) is 2.36. The maximum atomic E-state index is 12.3. The molecule has 0 aliphatic heterocycles. The van der Waals surface area contributed by atoms with Gasteiger partial charge in [-0.05, 0) is 13.0 Å². The molecule has 1 amide bonds. The molecule has 0 unspecified atom stereocenters. The largest absolute Gasteiger partial charge is 0.396 e. The minimum absolute atomic E-state index is 0.0823. The molecule has 2 rings (SSSR count). The molecular weight excluding hydrogens is 275 g/mol. The number of carbonyl (C=O) groups is 1. The first-order valence-electron chi connectivity index (χ1n) is 5.55. The van der Waals surface area contributed by atoms with E-state index in [2.05, 4.69) is 25.5 Å². The van der Waals surface area contributed by atoms with Gasteiger partial charge in [0.1, 0.15) is 17.9 Å². The van der Waals surface area contributed by atoms with E-state index in [1.165, 1.54) is 25.4 Å². The van der Waals surface area contributed by atoms with E-state index in [1.807, 2.05) is 0 Å². The number of amides is 1. The molecule has 0 saturated heterocycles. The monoisotopic (exact) mass is 285 g/mol. The van der Waals surface area contributed by atoms with Crippen LogP contribution in [0, 0.1) is 6.92 Å². The van der Waals surface area contributed by atoms with Gasteiger partial charge in [-0.2, -0.15) is 23.4 Å². The summed E-state index contributed by atoms with van der Waals surface area (Å²) in [6.45, 7) is 1.48. The lowest BCUT2D eigenvalue weighted by atomic mass is 10.3. The van der Waals surface area contributed by atoms with Crippen molar-refractivity contribution in [2.75, 3.05) is 5.32 Å². The molecule has 0 radical (unpaired) electrons. The summed E-state index contributed by atoms with van der Waals surface area (Å²) in [5, 5.41) is 9.58. The van der Waals surface area contributed by atoms with Crippen molar-refractivity contribution in [2.24, 2.45) is 0 Å². The first kappa shape index (κ1) is 14.0. The van der Waals surface area contributed by atoms with Crippen LogP contribution >= 0.6 is 0 Å². The summed E-state index contributed by atoms with van der Waals surface area (Å²) in [6.07, 6.45) is -2.90. The van der Waals surface area contributed by atoms with Gasteiger partial charge in [0.25, 0.3) is 5.91 Å². The first-order valence-corrected chi connectivity index (χ1v) is 5.55. The fourth-order valence-corrected chi connectivity index (χ4v) is 1.57. The number of nitrogens with zero attached hydrogens (tertiary/aromatic N) is 3. The van der Waals surface area contributed by atoms with Gasteiger partial charge in [0.2, 0.25) is 0 Å². The fourth-order valence-electron chi connectivity index (χ4n) is 1.57. The third kappa shape index (κ3) is 3.53. The van der Waals surface area contributed by atoms with Crippen LogP contribution in [-0.2, 0) is 6.42 Å². The number of hydrogen-bond donors (Lipinski definition) is 2. The molecule has 2 aromatic heterocycles. The van der Waals surface area contributed by atoms with Crippen molar-refractivity contribution in [1.29, 1.82) is 0 Å². The lowest BCUT2D eigenvalue weighted by Crippen LogP contribution is -2.15. The topological polar surface area (TPSA) is 83.6 Å². The number of anilines is 1. The van der Waals surface area contributed by atoms with Crippen molar-refractivity contribution in [3.8, 4) is 0 Å². The maximum absolute atomic E-state index is 12.3. The third-order valence-corrected chi connectivity index (χ3v) is 2.36. The number of imidazole rings is 1. The normalized spacial score (nSPS) is 11.4. The number of nitrogens with one attached hydrogen (secondary N) is 2. The number of hydrogen-bond acceptors (Lipinski definition) is 4. The fraction of sp³-hybridized carbons (Fsp3) is 0.273. The summed E-state index contributed by atoms with van der Waals surface area (Å²) in [7, 11) is 0.